The molecule has 1 aromatic rings. The van der Waals surface area contributed by atoms with Gasteiger partial charge in [-0.3, -0.25) is 4.79 Å². The molecule has 22 heavy (non-hydrogen) atoms. The summed E-state index contributed by atoms with van der Waals surface area (Å²) >= 11 is 0. The van der Waals surface area contributed by atoms with Crippen LogP contribution in [0.2, 0.25) is 0 Å². The van der Waals surface area contributed by atoms with E-state index in [2.05, 4.69) is 5.32 Å². The van der Waals surface area contributed by atoms with Crippen LogP contribution in [0.5, 0.6) is 0 Å². The maximum absolute atomic E-state index is 13.7. The molecule has 0 aromatic heterocycles. The Hall–Kier alpha value is -1.46. The van der Waals surface area contributed by atoms with Gasteiger partial charge in [-0.25, -0.2) is 4.39 Å². The zero-order valence-electron chi connectivity index (χ0n) is 13.5. The fourth-order valence-electron chi connectivity index (χ4n) is 2.97. The average molecular weight is 307 g/mol. The van der Waals surface area contributed by atoms with Gasteiger partial charge in [-0.1, -0.05) is 25.3 Å². The number of carbonyl (C=O) groups is 1. The van der Waals surface area contributed by atoms with Gasteiger partial charge in [0.2, 0.25) is 5.91 Å². The first kappa shape index (κ1) is 16.9. The molecule has 0 atom stereocenters. The van der Waals surface area contributed by atoms with Crippen molar-refractivity contribution in [3.63, 3.8) is 0 Å². The zero-order valence-corrected chi connectivity index (χ0v) is 13.5. The molecule has 5 heteroatoms. The number of nitrogens with two attached hydrogens (primary N) is 1. The summed E-state index contributed by atoms with van der Waals surface area (Å²) in [7, 11) is 3.80. The van der Waals surface area contributed by atoms with E-state index in [-0.39, 0.29) is 11.7 Å². The van der Waals surface area contributed by atoms with E-state index in [0.29, 0.717) is 18.7 Å². The molecule has 0 unspecified atom stereocenters. The Kier molecular flexibility index (Phi) is 5.53. The van der Waals surface area contributed by atoms with Crippen LogP contribution >= 0.6 is 0 Å². The Morgan fingerprint density at radius 3 is 2.64 bits per heavy atom. The minimum atomic E-state index is -0.731. The number of carbonyl (C=O) groups excluding carboxylic acids is 1. The molecule has 0 aliphatic heterocycles. The fourth-order valence-corrected chi connectivity index (χ4v) is 2.97. The lowest BCUT2D eigenvalue weighted by Gasteiger charge is -2.31. The van der Waals surface area contributed by atoms with Gasteiger partial charge >= 0.3 is 0 Å². The number of amides is 1. The summed E-state index contributed by atoms with van der Waals surface area (Å²) in [6, 6.07) is 4.97. The summed E-state index contributed by atoms with van der Waals surface area (Å²) in [6.07, 6.45) is 4.65. The van der Waals surface area contributed by atoms with Crippen LogP contribution in [0.4, 0.5) is 4.39 Å². The number of halogens is 1. The van der Waals surface area contributed by atoms with Crippen molar-refractivity contribution >= 4 is 5.91 Å². The summed E-state index contributed by atoms with van der Waals surface area (Å²) in [5.41, 5.74) is 7.01. The standard InChI is InChI=1S/C17H26FN3O/c1-21(2)12-14-10-13(6-7-15(14)18)11-20-16(22)17(19)8-4-3-5-9-17/h6-7,10H,3-5,8-9,11-12,19H2,1-2H3,(H,20,22). The molecule has 1 aliphatic rings. The van der Waals surface area contributed by atoms with Crippen LogP contribution in [0, 0.1) is 5.82 Å². The van der Waals surface area contributed by atoms with Gasteiger partial charge < -0.3 is 16.0 Å². The number of benzene rings is 1. The topological polar surface area (TPSA) is 58.4 Å². The Labute approximate surface area is 131 Å². The summed E-state index contributed by atoms with van der Waals surface area (Å²) in [5.74, 6) is -0.308. The average Bonchev–Trinajstić information content (AvgIpc) is 2.48. The number of hydrogen-bond donors (Lipinski definition) is 2. The van der Waals surface area contributed by atoms with Gasteiger partial charge in [-0.2, -0.15) is 0 Å². The van der Waals surface area contributed by atoms with Crippen molar-refractivity contribution in [1.29, 1.82) is 0 Å². The Morgan fingerprint density at radius 2 is 2.00 bits per heavy atom. The highest BCUT2D eigenvalue weighted by Gasteiger charge is 2.34. The Balaban J connectivity index is 1.97. The van der Waals surface area contributed by atoms with E-state index in [0.717, 1.165) is 37.7 Å². The number of hydrogen-bond acceptors (Lipinski definition) is 3. The summed E-state index contributed by atoms with van der Waals surface area (Å²) in [6.45, 7) is 0.924. The largest absolute Gasteiger partial charge is 0.350 e. The molecule has 122 valence electrons. The van der Waals surface area contributed by atoms with Crippen LogP contribution in [0.25, 0.3) is 0 Å². The lowest BCUT2D eigenvalue weighted by molar-refractivity contribution is -0.127. The molecule has 0 radical (unpaired) electrons. The Bertz CT molecular complexity index is 525. The third kappa shape index (κ3) is 4.27. The molecule has 0 spiro atoms. The normalized spacial score (nSPS) is 17.5. The van der Waals surface area contributed by atoms with Crippen molar-refractivity contribution in [3.05, 3.63) is 35.1 Å². The fraction of sp³-hybridized carbons (Fsp3) is 0.588. The Morgan fingerprint density at radius 1 is 1.32 bits per heavy atom. The maximum atomic E-state index is 13.7. The lowest BCUT2D eigenvalue weighted by atomic mass is 9.82. The van der Waals surface area contributed by atoms with Crippen molar-refractivity contribution in [3.8, 4) is 0 Å². The molecule has 1 fully saturated rings. The van der Waals surface area contributed by atoms with E-state index < -0.39 is 5.54 Å². The highest BCUT2D eigenvalue weighted by atomic mass is 19.1. The molecular weight excluding hydrogens is 281 g/mol. The van der Waals surface area contributed by atoms with Gasteiger partial charge in [-0.15, -0.1) is 0 Å². The van der Waals surface area contributed by atoms with Gasteiger partial charge in [0.05, 0.1) is 5.54 Å². The van der Waals surface area contributed by atoms with Crippen molar-refractivity contribution in [2.45, 2.75) is 50.7 Å². The molecule has 2 rings (SSSR count). The van der Waals surface area contributed by atoms with Crippen molar-refractivity contribution in [2.24, 2.45) is 5.73 Å². The van der Waals surface area contributed by atoms with Crippen LogP contribution in [0.3, 0.4) is 0 Å². The second kappa shape index (κ2) is 7.20. The molecule has 0 heterocycles. The van der Waals surface area contributed by atoms with Crippen molar-refractivity contribution < 1.29 is 9.18 Å². The number of nitrogens with zero attached hydrogens (tertiary/aromatic N) is 1. The van der Waals surface area contributed by atoms with Gasteiger partial charge in [0.25, 0.3) is 0 Å². The van der Waals surface area contributed by atoms with Crippen molar-refractivity contribution in [1.82, 2.24) is 10.2 Å². The molecular formula is C17H26FN3O. The van der Waals surface area contributed by atoms with Gasteiger partial charge in [0.1, 0.15) is 5.82 Å². The second-order valence-corrected chi connectivity index (χ2v) is 6.56. The minimum absolute atomic E-state index is 0.0920. The number of nitrogens with one attached hydrogen (secondary N) is 1. The molecule has 1 amide bonds. The van der Waals surface area contributed by atoms with Crippen LogP contribution in [0.15, 0.2) is 18.2 Å². The van der Waals surface area contributed by atoms with Crippen molar-refractivity contribution in [2.75, 3.05) is 14.1 Å². The first-order valence-corrected chi connectivity index (χ1v) is 7.90. The molecule has 1 aromatic carbocycles. The zero-order chi connectivity index (χ0) is 16.2. The monoisotopic (exact) mass is 307 g/mol. The molecule has 1 saturated carbocycles. The smallest absolute Gasteiger partial charge is 0.240 e. The van der Waals surface area contributed by atoms with Crippen LogP contribution in [-0.4, -0.2) is 30.4 Å². The van der Waals surface area contributed by atoms with E-state index in [1.165, 1.54) is 6.07 Å². The third-order valence-corrected chi connectivity index (χ3v) is 4.25. The van der Waals surface area contributed by atoms with E-state index in [1.807, 2.05) is 19.0 Å². The first-order valence-electron chi connectivity index (χ1n) is 7.90. The molecule has 1 aliphatic carbocycles. The first-order chi connectivity index (χ1) is 10.4. The lowest BCUT2D eigenvalue weighted by Crippen LogP contribution is -2.54. The van der Waals surface area contributed by atoms with Crippen LogP contribution in [0.1, 0.15) is 43.2 Å². The highest BCUT2D eigenvalue weighted by Crippen LogP contribution is 2.26. The van der Waals surface area contributed by atoms with E-state index in [9.17, 15) is 9.18 Å². The highest BCUT2D eigenvalue weighted by molar-refractivity contribution is 5.86. The molecule has 0 saturated heterocycles. The van der Waals surface area contributed by atoms with E-state index in [4.69, 9.17) is 5.73 Å². The minimum Gasteiger partial charge on any atom is -0.350 e. The van der Waals surface area contributed by atoms with E-state index >= 15 is 0 Å². The molecule has 4 nitrogen and oxygen atoms in total. The van der Waals surface area contributed by atoms with Gasteiger partial charge in [0, 0.05) is 18.7 Å². The molecule has 3 N–H and O–H groups in total. The quantitative estimate of drug-likeness (QED) is 0.876. The summed E-state index contributed by atoms with van der Waals surface area (Å²) in [5, 5.41) is 2.91. The third-order valence-electron chi connectivity index (χ3n) is 4.25. The summed E-state index contributed by atoms with van der Waals surface area (Å²) < 4.78 is 13.7. The SMILES string of the molecule is CN(C)Cc1cc(CNC(=O)C2(N)CCCCC2)ccc1F. The maximum Gasteiger partial charge on any atom is 0.240 e. The molecule has 0 bridgehead atoms. The second-order valence-electron chi connectivity index (χ2n) is 6.56. The van der Waals surface area contributed by atoms with Crippen LogP contribution in [-0.2, 0) is 17.9 Å². The predicted octanol–water partition coefficient (Wildman–Crippen LogP) is 2.17. The number of rotatable bonds is 5. The van der Waals surface area contributed by atoms with Crippen LogP contribution < -0.4 is 11.1 Å². The predicted molar refractivity (Wildman–Crippen MR) is 85.6 cm³/mol. The summed E-state index contributed by atoms with van der Waals surface area (Å²) in [4.78, 5) is 14.2. The van der Waals surface area contributed by atoms with Gasteiger partial charge in [0.15, 0.2) is 0 Å². The van der Waals surface area contributed by atoms with E-state index in [1.54, 1.807) is 12.1 Å². The van der Waals surface area contributed by atoms with Gasteiger partial charge in [-0.05, 0) is 44.6 Å².